The van der Waals surface area contributed by atoms with Crippen molar-refractivity contribution < 1.29 is 12.8 Å². The first-order valence-electron chi connectivity index (χ1n) is 6.22. The van der Waals surface area contributed by atoms with Crippen molar-refractivity contribution in [2.45, 2.75) is 25.7 Å². The maximum absolute atomic E-state index is 13.5. The number of benzene rings is 1. The fraction of sp³-hybridized carbons (Fsp3) is 0.214. The number of hydrogen-bond acceptors (Lipinski definition) is 4. The first kappa shape index (κ1) is 15.2. The van der Waals surface area contributed by atoms with E-state index in [1.165, 1.54) is 20.0 Å². The average Bonchev–Trinajstić information content (AvgIpc) is 2.38. The number of nitrogens with one attached hydrogen (secondary N) is 1. The highest BCUT2D eigenvalue weighted by Crippen LogP contribution is 2.29. The van der Waals surface area contributed by atoms with Crippen molar-refractivity contribution in [3.63, 3.8) is 0 Å². The minimum atomic E-state index is -3.87. The van der Waals surface area contributed by atoms with Gasteiger partial charge in [0, 0.05) is 6.20 Å². The Morgan fingerprint density at radius 2 is 1.90 bits per heavy atom. The van der Waals surface area contributed by atoms with E-state index in [-0.39, 0.29) is 16.1 Å². The maximum Gasteiger partial charge on any atom is 0.262 e. The number of aromatic nitrogens is 1. The molecule has 21 heavy (non-hydrogen) atoms. The molecule has 0 aliphatic heterocycles. The van der Waals surface area contributed by atoms with E-state index in [4.69, 9.17) is 5.73 Å². The minimum absolute atomic E-state index is 0.00958. The summed E-state index contributed by atoms with van der Waals surface area (Å²) in [6, 6.07) is 2.81. The monoisotopic (exact) mass is 309 g/mol. The third-order valence-corrected chi connectivity index (χ3v) is 4.91. The molecule has 0 amide bonds. The van der Waals surface area contributed by atoms with E-state index in [2.05, 4.69) is 9.71 Å². The van der Waals surface area contributed by atoms with E-state index in [9.17, 15) is 12.8 Å². The maximum atomic E-state index is 13.5. The summed E-state index contributed by atoms with van der Waals surface area (Å²) in [6.45, 7) is 4.77. The zero-order valence-corrected chi connectivity index (χ0v) is 12.8. The van der Waals surface area contributed by atoms with Crippen molar-refractivity contribution >= 4 is 21.4 Å². The molecule has 0 aliphatic carbocycles. The van der Waals surface area contributed by atoms with Crippen LogP contribution in [0, 0.1) is 26.6 Å². The van der Waals surface area contributed by atoms with Gasteiger partial charge in [0.15, 0.2) is 0 Å². The second-order valence-electron chi connectivity index (χ2n) is 4.84. The predicted octanol–water partition coefficient (Wildman–Crippen LogP) is 2.53. The van der Waals surface area contributed by atoms with Crippen LogP contribution in [0.4, 0.5) is 15.8 Å². The highest BCUT2D eigenvalue weighted by atomic mass is 32.2. The molecule has 0 radical (unpaired) electrons. The zero-order valence-electron chi connectivity index (χ0n) is 11.9. The van der Waals surface area contributed by atoms with E-state index >= 15 is 0 Å². The third kappa shape index (κ3) is 2.82. The molecule has 0 spiro atoms. The second kappa shape index (κ2) is 5.33. The van der Waals surface area contributed by atoms with Crippen LogP contribution in [0.15, 0.2) is 29.4 Å². The molecule has 7 heteroatoms. The molecule has 1 heterocycles. The van der Waals surface area contributed by atoms with Gasteiger partial charge in [-0.3, -0.25) is 9.71 Å². The van der Waals surface area contributed by atoms with Crippen LogP contribution in [0.25, 0.3) is 0 Å². The Hall–Kier alpha value is -2.15. The molecule has 0 unspecified atom stereocenters. The second-order valence-corrected chi connectivity index (χ2v) is 6.46. The summed E-state index contributed by atoms with van der Waals surface area (Å²) in [6.07, 6.45) is 2.99. The van der Waals surface area contributed by atoms with E-state index in [1.807, 2.05) is 0 Å². The largest absolute Gasteiger partial charge is 0.396 e. The van der Waals surface area contributed by atoms with Gasteiger partial charge in [-0.05, 0) is 49.6 Å². The van der Waals surface area contributed by atoms with Gasteiger partial charge in [-0.15, -0.1) is 0 Å². The summed E-state index contributed by atoms with van der Waals surface area (Å²) in [5, 5.41) is 0. The van der Waals surface area contributed by atoms with Gasteiger partial charge < -0.3 is 5.73 Å². The molecule has 0 aliphatic rings. The number of sulfonamides is 1. The molecule has 0 fully saturated rings. The summed E-state index contributed by atoms with van der Waals surface area (Å²) < 4.78 is 41.1. The van der Waals surface area contributed by atoms with Crippen molar-refractivity contribution in [3.05, 3.63) is 47.0 Å². The number of anilines is 2. The highest BCUT2D eigenvalue weighted by molar-refractivity contribution is 7.92. The van der Waals surface area contributed by atoms with Crippen LogP contribution in [-0.2, 0) is 10.0 Å². The fourth-order valence-electron chi connectivity index (χ4n) is 2.11. The summed E-state index contributed by atoms with van der Waals surface area (Å²) in [7, 11) is -3.87. The SMILES string of the molecule is Cc1ccncc1NS(=O)(=O)c1c(C)cc(F)c(N)c1C. The smallest absolute Gasteiger partial charge is 0.262 e. The highest BCUT2D eigenvalue weighted by Gasteiger charge is 2.23. The topological polar surface area (TPSA) is 85.1 Å². The Labute approximate surface area is 123 Å². The van der Waals surface area contributed by atoms with Crippen LogP contribution in [0.1, 0.15) is 16.7 Å². The first-order chi connectivity index (χ1) is 9.74. The molecule has 0 saturated heterocycles. The Morgan fingerprint density at radius 1 is 1.24 bits per heavy atom. The van der Waals surface area contributed by atoms with Gasteiger partial charge in [0.25, 0.3) is 10.0 Å². The summed E-state index contributed by atoms with van der Waals surface area (Å²) in [5.41, 5.74) is 7.03. The van der Waals surface area contributed by atoms with E-state index < -0.39 is 15.8 Å². The zero-order chi connectivity index (χ0) is 15.8. The summed E-state index contributed by atoms with van der Waals surface area (Å²) in [5.74, 6) is -0.624. The van der Waals surface area contributed by atoms with Crippen LogP contribution in [0.2, 0.25) is 0 Å². The summed E-state index contributed by atoms with van der Waals surface area (Å²) >= 11 is 0. The van der Waals surface area contributed by atoms with Crippen molar-refractivity contribution in [2.75, 3.05) is 10.5 Å². The van der Waals surface area contributed by atoms with Gasteiger partial charge in [-0.2, -0.15) is 0 Å². The van der Waals surface area contributed by atoms with E-state index in [1.54, 1.807) is 19.2 Å². The van der Waals surface area contributed by atoms with Crippen LogP contribution >= 0.6 is 0 Å². The fourth-order valence-corrected chi connectivity index (χ4v) is 3.71. The van der Waals surface area contributed by atoms with E-state index in [0.717, 1.165) is 11.6 Å². The van der Waals surface area contributed by atoms with Gasteiger partial charge >= 0.3 is 0 Å². The normalized spacial score (nSPS) is 11.4. The van der Waals surface area contributed by atoms with Crippen molar-refractivity contribution in [3.8, 4) is 0 Å². The number of nitrogens with two attached hydrogens (primary N) is 1. The molecule has 3 N–H and O–H groups in total. The molecule has 1 aromatic carbocycles. The lowest BCUT2D eigenvalue weighted by Gasteiger charge is -2.15. The lowest BCUT2D eigenvalue weighted by molar-refractivity contribution is 0.598. The quantitative estimate of drug-likeness (QED) is 0.853. The number of hydrogen-bond donors (Lipinski definition) is 2. The number of halogens is 1. The third-order valence-electron chi connectivity index (χ3n) is 3.26. The standard InChI is InChI=1S/C14H16FN3O2S/c1-8-4-5-17-7-12(8)18-21(19,20)14-9(2)6-11(15)13(16)10(14)3/h4-7,18H,16H2,1-3H3. The Bertz CT molecular complexity index is 804. The van der Waals surface area contributed by atoms with Crippen LogP contribution < -0.4 is 10.5 Å². The molecule has 1 aromatic heterocycles. The predicted molar refractivity (Wildman–Crippen MR) is 80.1 cm³/mol. The Kier molecular flexibility index (Phi) is 3.87. The van der Waals surface area contributed by atoms with Crippen LogP contribution in [0.3, 0.4) is 0 Å². The minimum Gasteiger partial charge on any atom is -0.396 e. The molecular formula is C14H16FN3O2S. The molecule has 0 atom stereocenters. The van der Waals surface area contributed by atoms with E-state index in [0.29, 0.717) is 11.3 Å². The van der Waals surface area contributed by atoms with Crippen LogP contribution in [0.5, 0.6) is 0 Å². The average molecular weight is 309 g/mol. The Balaban J connectivity index is 2.56. The van der Waals surface area contributed by atoms with Crippen LogP contribution in [-0.4, -0.2) is 13.4 Å². The first-order valence-corrected chi connectivity index (χ1v) is 7.71. The molecule has 112 valence electrons. The number of nitrogens with zero attached hydrogens (tertiary/aromatic N) is 1. The molecule has 0 saturated carbocycles. The molecule has 5 nitrogen and oxygen atoms in total. The molecule has 2 rings (SSSR count). The number of nitrogen functional groups attached to an aromatic ring is 1. The van der Waals surface area contributed by atoms with Gasteiger partial charge in [0.1, 0.15) is 5.82 Å². The number of rotatable bonds is 3. The van der Waals surface area contributed by atoms with Crippen molar-refractivity contribution in [1.82, 2.24) is 4.98 Å². The molecule has 2 aromatic rings. The Morgan fingerprint density at radius 3 is 2.52 bits per heavy atom. The van der Waals surface area contributed by atoms with Gasteiger partial charge in [0.2, 0.25) is 0 Å². The van der Waals surface area contributed by atoms with Crippen molar-refractivity contribution in [2.24, 2.45) is 0 Å². The lowest BCUT2D eigenvalue weighted by atomic mass is 10.1. The van der Waals surface area contributed by atoms with Gasteiger partial charge in [-0.1, -0.05) is 0 Å². The molecular weight excluding hydrogens is 293 g/mol. The number of pyridine rings is 1. The lowest BCUT2D eigenvalue weighted by Crippen LogP contribution is -2.17. The molecule has 0 bridgehead atoms. The van der Waals surface area contributed by atoms with Gasteiger partial charge in [0.05, 0.1) is 22.5 Å². The van der Waals surface area contributed by atoms with Crippen molar-refractivity contribution in [1.29, 1.82) is 0 Å². The number of aryl methyl sites for hydroxylation is 2. The van der Waals surface area contributed by atoms with Gasteiger partial charge in [-0.25, -0.2) is 12.8 Å². The summed E-state index contributed by atoms with van der Waals surface area (Å²) in [4.78, 5) is 3.88.